The molecule has 0 aliphatic heterocycles. The Labute approximate surface area is 118 Å². The molecule has 1 aromatic heterocycles. The molecule has 1 heterocycles. The third-order valence-electron chi connectivity index (χ3n) is 3.45. The van der Waals surface area contributed by atoms with Crippen LogP contribution in [-0.2, 0) is 0 Å². The van der Waals surface area contributed by atoms with Crippen molar-refractivity contribution in [1.82, 2.24) is 4.98 Å². The van der Waals surface area contributed by atoms with Crippen LogP contribution in [0.1, 0.15) is 23.7 Å². The van der Waals surface area contributed by atoms with E-state index in [0.717, 1.165) is 27.6 Å². The predicted molar refractivity (Wildman–Crippen MR) is 81.8 cm³/mol. The van der Waals surface area contributed by atoms with Crippen molar-refractivity contribution >= 4 is 16.6 Å². The summed E-state index contributed by atoms with van der Waals surface area (Å²) in [6.07, 6.45) is 2.25. The minimum atomic E-state index is 0.149. The highest BCUT2D eigenvalue weighted by molar-refractivity contribution is 6.06. The molecule has 2 heteroatoms. The summed E-state index contributed by atoms with van der Waals surface area (Å²) in [6, 6.07) is 17.9. The molecule has 0 saturated carbocycles. The van der Waals surface area contributed by atoms with Crippen LogP contribution in [0.25, 0.3) is 22.0 Å². The van der Waals surface area contributed by atoms with Gasteiger partial charge in [0.05, 0.1) is 5.69 Å². The molecule has 3 rings (SSSR count). The number of hydrogen-bond donors (Lipinski definition) is 0. The average Bonchev–Trinajstić information content (AvgIpc) is 2.53. The molecule has 0 bridgehead atoms. The summed E-state index contributed by atoms with van der Waals surface area (Å²) >= 11 is 0. The highest BCUT2D eigenvalue weighted by Gasteiger charge is 2.13. The molecule has 0 atom stereocenters. The molecule has 0 radical (unpaired) electrons. The lowest BCUT2D eigenvalue weighted by molar-refractivity contribution is 0.0989. The molecule has 2 aromatic carbocycles. The zero-order chi connectivity index (χ0) is 13.9. The molecule has 0 amide bonds. The van der Waals surface area contributed by atoms with Gasteiger partial charge in [0.2, 0.25) is 0 Å². The standard InChI is InChI=1S/C18H15NO/c1-2-18(20)16-12-14-8-4-3-7-13(14)11-15(16)17-9-5-6-10-19-17/h3-12H,2H2,1H3. The number of pyridine rings is 1. The monoisotopic (exact) mass is 261 g/mol. The van der Waals surface area contributed by atoms with Crippen LogP contribution >= 0.6 is 0 Å². The maximum Gasteiger partial charge on any atom is 0.163 e. The maximum atomic E-state index is 12.2. The second kappa shape index (κ2) is 5.25. The van der Waals surface area contributed by atoms with Crippen LogP contribution in [0.2, 0.25) is 0 Å². The van der Waals surface area contributed by atoms with E-state index in [1.807, 2.05) is 49.4 Å². The molecular formula is C18H15NO. The van der Waals surface area contributed by atoms with E-state index >= 15 is 0 Å². The first-order valence-electron chi connectivity index (χ1n) is 6.77. The van der Waals surface area contributed by atoms with E-state index in [1.165, 1.54) is 0 Å². The van der Waals surface area contributed by atoms with E-state index in [2.05, 4.69) is 17.1 Å². The van der Waals surface area contributed by atoms with E-state index in [-0.39, 0.29) is 5.78 Å². The van der Waals surface area contributed by atoms with Gasteiger partial charge in [0.15, 0.2) is 5.78 Å². The van der Waals surface area contributed by atoms with Gasteiger partial charge in [-0.1, -0.05) is 37.3 Å². The van der Waals surface area contributed by atoms with Gasteiger partial charge in [-0.05, 0) is 35.0 Å². The number of carbonyl (C=O) groups is 1. The Morgan fingerprint density at radius 2 is 1.70 bits per heavy atom. The van der Waals surface area contributed by atoms with Gasteiger partial charge in [-0.25, -0.2) is 0 Å². The predicted octanol–water partition coefficient (Wildman–Crippen LogP) is 4.49. The molecule has 2 nitrogen and oxygen atoms in total. The number of benzene rings is 2. The third-order valence-corrected chi connectivity index (χ3v) is 3.45. The lowest BCUT2D eigenvalue weighted by Gasteiger charge is -2.10. The lowest BCUT2D eigenvalue weighted by atomic mass is 9.95. The summed E-state index contributed by atoms with van der Waals surface area (Å²) in [6.45, 7) is 1.89. The molecular weight excluding hydrogens is 246 g/mol. The number of aromatic nitrogens is 1. The number of nitrogens with zero attached hydrogens (tertiary/aromatic N) is 1. The van der Waals surface area contributed by atoms with E-state index in [0.29, 0.717) is 6.42 Å². The van der Waals surface area contributed by atoms with E-state index in [1.54, 1.807) is 6.20 Å². The molecule has 0 spiro atoms. The molecule has 20 heavy (non-hydrogen) atoms. The fourth-order valence-electron chi connectivity index (χ4n) is 2.40. The number of hydrogen-bond acceptors (Lipinski definition) is 2. The van der Waals surface area contributed by atoms with Crippen molar-refractivity contribution < 1.29 is 4.79 Å². The van der Waals surface area contributed by atoms with Crippen molar-refractivity contribution in [2.24, 2.45) is 0 Å². The highest BCUT2D eigenvalue weighted by Crippen LogP contribution is 2.28. The first-order valence-corrected chi connectivity index (χ1v) is 6.77. The van der Waals surface area contributed by atoms with Gasteiger partial charge in [0, 0.05) is 23.7 Å². The Bertz CT molecular complexity index is 763. The van der Waals surface area contributed by atoms with Crippen LogP contribution in [0, 0.1) is 0 Å². The number of rotatable bonds is 3. The minimum absolute atomic E-state index is 0.149. The van der Waals surface area contributed by atoms with Gasteiger partial charge in [-0.3, -0.25) is 9.78 Å². The van der Waals surface area contributed by atoms with Crippen molar-refractivity contribution in [2.75, 3.05) is 0 Å². The molecule has 0 saturated heterocycles. The average molecular weight is 261 g/mol. The SMILES string of the molecule is CCC(=O)c1cc2ccccc2cc1-c1ccccn1. The fourth-order valence-corrected chi connectivity index (χ4v) is 2.40. The quantitative estimate of drug-likeness (QED) is 0.650. The summed E-state index contributed by atoms with van der Waals surface area (Å²) in [4.78, 5) is 16.6. The molecule has 0 unspecified atom stereocenters. The number of Topliss-reactive ketones (excluding diaryl/α,β-unsaturated/α-hetero) is 1. The van der Waals surface area contributed by atoms with Crippen molar-refractivity contribution in [3.8, 4) is 11.3 Å². The van der Waals surface area contributed by atoms with Gasteiger partial charge >= 0.3 is 0 Å². The van der Waals surface area contributed by atoms with Crippen LogP contribution in [-0.4, -0.2) is 10.8 Å². The fraction of sp³-hybridized carbons (Fsp3) is 0.111. The Morgan fingerprint density at radius 1 is 1.00 bits per heavy atom. The first-order chi connectivity index (χ1) is 9.79. The zero-order valence-electron chi connectivity index (χ0n) is 11.3. The summed E-state index contributed by atoms with van der Waals surface area (Å²) in [5, 5.41) is 2.21. The largest absolute Gasteiger partial charge is 0.294 e. The van der Waals surface area contributed by atoms with Crippen molar-refractivity contribution in [3.63, 3.8) is 0 Å². The number of ketones is 1. The summed E-state index contributed by atoms with van der Waals surface area (Å²) in [5.74, 6) is 0.149. The molecule has 0 fully saturated rings. The normalized spacial score (nSPS) is 10.7. The number of carbonyl (C=O) groups excluding carboxylic acids is 1. The lowest BCUT2D eigenvalue weighted by Crippen LogP contribution is -2.00. The molecule has 98 valence electrons. The Kier molecular flexibility index (Phi) is 3.30. The molecule has 0 N–H and O–H groups in total. The minimum Gasteiger partial charge on any atom is -0.294 e. The number of fused-ring (bicyclic) bond motifs is 1. The van der Waals surface area contributed by atoms with Gasteiger partial charge < -0.3 is 0 Å². The van der Waals surface area contributed by atoms with Crippen molar-refractivity contribution in [3.05, 3.63) is 66.4 Å². The van der Waals surface area contributed by atoms with Crippen LogP contribution < -0.4 is 0 Å². The van der Waals surface area contributed by atoms with Gasteiger partial charge in [0.1, 0.15) is 0 Å². The summed E-state index contributed by atoms with van der Waals surface area (Å²) in [7, 11) is 0. The van der Waals surface area contributed by atoms with Crippen molar-refractivity contribution in [2.45, 2.75) is 13.3 Å². The molecule has 0 aliphatic rings. The second-order valence-electron chi connectivity index (χ2n) is 4.74. The van der Waals surface area contributed by atoms with E-state index in [9.17, 15) is 4.79 Å². The van der Waals surface area contributed by atoms with E-state index in [4.69, 9.17) is 0 Å². The highest BCUT2D eigenvalue weighted by atomic mass is 16.1. The Balaban J connectivity index is 2.30. The van der Waals surface area contributed by atoms with E-state index < -0.39 is 0 Å². The van der Waals surface area contributed by atoms with Crippen LogP contribution in [0.5, 0.6) is 0 Å². The van der Waals surface area contributed by atoms with Gasteiger partial charge in [-0.2, -0.15) is 0 Å². The Morgan fingerprint density at radius 3 is 2.35 bits per heavy atom. The zero-order valence-corrected chi connectivity index (χ0v) is 11.3. The summed E-state index contributed by atoms with van der Waals surface area (Å²) < 4.78 is 0. The Hall–Kier alpha value is -2.48. The summed E-state index contributed by atoms with van der Waals surface area (Å²) in [5.41, 5.74) is 2.51. The third kappa shape index (κ3) is 2.21. The van der Waals surface area contributed by atoms with Crippen LogP contribution in [0.3, 0.4) is 0 Å². The topological polar surface area (TPSA) is 30.0 Å². The molecule has 3 aromatic rings. The van der Waals surface area contributed by atoms with Gasteiger partial charge in [-0.15, -0.1) is 0 Å². The maximum absolute atomic E-state index is 12.2. The second-order valence-corrected chi connectivity index (χ2v) is 4.74. The van der Waals surface area contributed by atoms with Gasteiger partial charge in [0.25, 0.3) is 0 Å². The first kappa shape index (κ1) is 12.5. The van der Waals surface area contributed by atoms with Crippen molar-refractivity contribution in [1.29, 1.82) is 0 Å². The molecule has 0 aliphatic carbocycles. The van der Waals surface area contributed by atoms with Crippen LogP contribution in [0.15, 0.2) is 60.8 Å². The van der Waals surface area contributed by atoms with Crippen LogP contribution in [0.4, 0.5) is 0 Å². The smallest absolute Gasteiger partial charge is 0.163 e.